The molecule has 0 unspecified atom stereocenters. The Bertz CT molecular complexity index is 1660. The highest BCUT2D eigenvalue weighted by atomic mass is 32.2. The Morgan fingerprint density at radius 1 is 0.981 bits per heavy atom. The van der Waals surface area contributed by atoms with E-state index in [0.717, 1.165) is 75.1 Å². The second-order valence-corrected chi connectivity index (χ2v) is 18.8. The Morgan fingerprint density at radius 3 is 2.10 bits per heavy atom. The third-order valence-electron chi connectivity index (χ3n) is 11.4. The summed E-state index contributed by atoms with van der Waals surface area (Å²) in [5, 5.41) is 9.71. The van der Waals surface area contributed by atoms with Crippen LogP contribution < -0.4 is 5.11 Å². The maximum Gasteiger partial charge on any atom is 0.257 e. The van der Waals surface area contributed by atoms with E-state index in [4.69, 9.17) is 0 Å². The number of quaternary nitrogens is 1. The van der Waals surface area contributed by atoms with Gasteiger partial charge in [-0.2, -0.15) is 0 Å². The third kappa shape index (κ3) is 9.54. The summed E-state index contributed by atoms with van der Waals surface area (Å²) in [7, 11) is 2.23. The number of sulfonamides is 1. The molecule has 288 valence electrons. The number of hydrogen-bond donors (Lipinski definition) is 0. The molecule has 4 heterocycles. The minimum absolute atomic E-state index is 0.00866. The lowest BCUT2D eigenvalue weighted by Crippen LogP contribution is -2.63. The Morgan fingerprint density at radius 2 is 1.60 bits per heavy atom. The average molecular weight is 744 g/mol. The van der Waals surface area contributed by atoms with Crippen molar-refractivity contribution in [1.82, 2.24) is 29.0 Å². The zero-order chi connectivity index (χ0) is 38.0. The normalized spacial score (nSPS) is 23.1. The summed E-state index contributed by atoms with van der Waals surface area (Å²) in [6.45, 7) is 13.6. The van der Waals surface area contributed by atoms with Crippen LogP contribution in [0.15, 0.2) is 30.6 Å². The largest absolute Gasteiger partial charge is 0.544 e. The second-order valence-electron chi connectivity index (χ2n) is 16.5. The average Bonchev–Trinajstić information content (AvgIpc) is 3.92. The first kappa shape index (κ1) is 40.2. The van der Waals surface area contributed by atoms with Gasteiger partial charge in [-0.05, 0) is 89.8 Å². The number of halogens is 1. The molecule has 1 aliphatic carbocycles. The number of aliphatic carboxylic acids is 1. The number of carbonyl (C=O) groups is 2. The van der Waals surface area contributed by atoms with Crippen LogP contribution in [0.5, 0.6) is 0 Å². The van der Waals surface area contributed by atoms with Crippen molar-refractivity contribution in [3.63, 3.8) is 0 Å². The first-order valence-corrected chi connectivity index (χ1v) is 20.2. The van der Waals surface area contributed by atoms with Crippen molar-refractivity contribution >= 4 is 21.9 Å². The topological polar surface area (TPSA) is 130 Å². The number of aryl methyl sites for hydroxylation is 2. The van der Waals surface area contributed by atoms with E-state index in [9.17, 15) is 27.5 Å². The number of carboxylic acids is 1. The first-order chi connectivity index (χ1) is 24.4. The van der Waals surface area contributed by atoms with Crippen LogP contribution in [0.2, 0.25) is 0 Å². The van der Waals surface area contributed by atoms with Crippen molar-refractivity contribution in [1.29, 1.82) is 0 Å². The van der Waals surface area contributed by atoms with Crippen LogP contribution in [-0.2, 0) is 14.8 Å². The maximum atomic E-state index is 14.5. The quantitative estimate of drug-likeness (QED) is 0.356. The Hall–Kier alpha value is -3.04. The molecule has 12 nitrogen and oxygen atoms in total. The van der Waals surface area contributed by atoms with Gasteiger partial charge in [0.1, 0.15) is 18.7 Å². The monoisotopic (exact) mass is 743 g/mol. The highest BCUT2D eigenvalue weighted by molar-refractivity contribution is 7.90. The molecule has 6 rings (SSSR count). The molecule has 0 radical (unpaired) electrons. The van der Waals surface area contributed by atoms with Crippen molar-refractivity contribution in [3.05, 3.63) is 58.9 Å². The first-order valence-electron chi connectivity index (χ1n) is 18.7. The van der Waals surface area contributed by atoms with Gasteiger partial charge in [0.2, 0.25) is 10.0 Å². The van der Waals surface area contributed by atoms with Crippen LogP contribution in [-0.4, -0.2) is 144 Å². The van der Waals surface area contributed by atoms with E-state index in [2.05, 4.69) is 33.6 Å². The number of nitrogens with zero attached hydrogens (tertiary/aromatic N) is 7. The number of piperazine rings is 1. The SMILES string of the molecule is C[N+](C)(C)CC(=O)[O-].Cc1ncnc(C)c1C(=O)N1CCC(C)(N2CCN([C@H](c3cccc(F)c3)C3CCN(S(=O)(=O)C4CC4)CC3)[C@H](C)C2)CC1. The summed E-state index contributed by atoms with van der Waals surface area (Å²) in [5.74, 6) is -0.948. The predicted molar refractivity (Wildman–Crippen MR) is 196 cm³/mol. The number of amides is 1. The highest BCUT2D eigenvalue weighted by Crippen LogP contribution is 2.41. The maximum absolute atomic E-state index is 14.5. The van der Waals surface area contributed by atoms with Crippen molar-refractivity contribution in [3.8, 4) is 0 Å². The highest BCUT2D eigenvalue weighted by Gasteiger charge is 2.45. The van der Waals surface area contributed by atoms with Gasteiger partial charge in [0.15, 0.2) is 0 Å². The van der Waals surface area contributed by atoms with Crippen molar-refractivity contribution in [2.45, 2.75) is 89.1 Å². The molecule has 4 fully saturated rings. The van der Waals surface area contributed by atoms with Gasteiger partial charge in [-0.15, -0.1) is 0 Å². The molecule has 2 aromatic rings. The summed E-state index contributed by atoms with van der Waals surface area (Å²) < 4.78 is 42.4. The summed E-state index contributed by atoms with van der Waals surface area (Å²) in [4.78, 5) is 38.9. The van der Waals surface area contributed by atoms with Crippen LogP contribution in [0.3, 0.4) is 0 Å². The number of aromatic nitrogens is 2. The molecule has 0 bridgehead atoms. The van der Waals surface area contributed by atoms with Gasteiger partial charge in [-0.3, -0.25) is 14.6 Å². The number of carbonyl (C=O) groups excluding carboxylic acids is 2. The molecule has 52 heavy (non-hydrogen) atoms. The van der Waals surface area contributed by atoms with Crippen LogP contribution in [0.1, 0.15) is 85.7 Å². The molecule has 3 saturated heterocycles. The fraction of sp³-hybridized carbons (Fsp3) is 0.684. The molecule has 2 atom stereocenters. The number of benzene rings is 1. The summed E-state index contributed by atoms with van der Waals surface area (Å²) in [5.41, 5.74) is 3.05. The van der Waals surface area contributed by atoms with Crippen molar-refractivity contribution in [2.75, 3.05) is 73.5 Å². The van der Waals surface area contributed by atoms with Crippen LogP contribution in [0, 0.1) is 25.6 Å². The Balaban J connectivity index is 0.000000587. The Kier molecular flexibility index (Phi) is 12.5. The molecule has 4 aliphatic rings. The fourth-order valence-corrected chi connectivity index (χ4v) is 10.2. The van der Waals surface area contributed by atoms with E-state index in [1.165, 1.54) is 12.4 Å². The van der Waals surface area contributed by atoms with Gasteiger partial charge in [0.25, 0.3) is 5.91 Å². The second kappa shape index (κ2) is 16.1. The predicted octanol–water partition coefficient (Wildman–Crippen LogP) is 2.62. The number of likely N-dealkylation sites (tertiary alicyclic amines) is 1. The van der Waals surface area contributed by atoms with E-state index >= 15 is 0 Å². The van der Waals surface area contributed by atoms with Gasteiger partial charge in [0.05, 0.1) is 49.3 Å². The van der Waals surface area contributed by atoms with Gasteiger partial charge in [-0.25, -0.2) is 27.1 Å². The van der Waals surface area contributed by atoms with Gasteiger partial charge in [-0.1, -0.05) is 12.1 Å². The minimum Gasteiger partial charge on any atom is -0.544 e. The third-order valence-corrected chi connectivity index (χ3v) is 13.8. The molecule has 0 N–H and O–H groups in total. The summed E-state index contributed by atoms with van der Waals surface area (Å²) in [6.07, 6.45) is 6.45. The lowest BCUT2D eigenvalue weighted by molar-refractivity contribution is -0.864. The minimum atomic E-state index is -3.18. The molecule has 1 amide bonds. The lowest BCUT2D eigenvalue weighted by Gasteiger charge is -2.54. The van der Waals surface area contributed by atoms with Crippen LogP contribution >= 0.6 is 0 Å². The molecule has 3 aliphatic heterocycles. The van der Waals surface area contributed by atoms with Crippen molar-refractivity contribution < 1.29 is 32.0 Å². The van der Waals surface area contributed by atoms with E-state index in [-0.39, 0.29) is 47.1 Å². The molecule has 1 aromatic carbocycles. The number of carboxylic acid groups (broad SMARTS) is 1. The molecular weight excluding hydrogens is 686 g/mol. The van der Waals surface area contributed by atoms with E-state index in [1.54, 1.807) is 37.6 Å². The summed E-state index contributed by atoms with van der Waals surface area (Å²) in [6, 6.07) is 7.29. The van der Waals surface area contributed by atoms with Crippen LogP contribution in [0.25, 0.3) is 0 Å². The molecular formula is C38H58FN7O5S. The fourth-order valence-electron chi connectivity index (χ4n) is 8.28. The lowest BCUT2D eigenvalue weighted by atomic mass is 9.82. The molecule has 1 saturated carbocycles. The molecule has 14 heteroatoms. The number of piperidine rings is 2. The zero-order valence-corrected chi connectivity index (χ0v) is 32.9. The van der Waals surface area contributed by atoms with Crippen molar-refractivity contribution in [2.24, 2.45) is 5.92 Å². The number of hydrogen-bond acceptors (Lipinski definition) is 9. The number of rotatable bonds is 9. The van der Waals surface area contributed by atoms with Gasteiger partial charge < -0.3 is 19.3 Å². The summed E-state index contributed by atoms with van der Waals surface area (Å²) >= 11 is 0. The van der Waals surface area contributed by atoms with Gasteiger partial charge >= 0.3 is 0 Å². The van der Waals surface area contributed by atoms with Gasteiger partial charge in [0, 0.05) is 63.4 Å². The Labute approximate surface area is 309 Å². The zero-order valence-electron chi connectivity index (χ0n) is 32.1. The number of likely N-dealkylation sites (N-methyl/N-ethyl adjacent to an activating group) is 1. The van der Waals surface area contributed by atoms with Crippen LogP contribution in [0.4, 0.5) is 4.39 Å². The standard InChI is InChI=1S/C33H47FN6O3S.C5H11NO2/c1-23-21-38(33(4)12-16-37(17-13-33)32(41)30-24(2)35-22-36-25(30)3)18-19-40(23)31(27-6-5-7-28(34)20-27)26-10-14-39(15-11-26)44(42,43)29-8-9-29;1-6(2,3)4-5(7)8/h5-7,20,22-23,26,29,31H,8-19,21H2,1-4H3;4H2,1-3H3/t23-,31+;/m1./s1. The van der Waals surface area contributed by atoms with E-state index in [0.29, 0.717) is 36.2 Å². The molecule has 0 spiro atoms. The van der Waals surface area contributed by atoms with E-state index < -0.39 is 16.0 Å². The van der Waals surface area contributed by atoms with E-state index in [1.807, 2.05) is 24.8 Å². The molecule has 1 aromatic heterocycles. The smallest absolute Gasteiger partial charge is 0.257 e.